The van der Waals surface area contributed by atoms with Crippen LogP contribution in [0.2, 0.25) is 0 Å². The average Bonchev–Trinajstić information content (AvgIpc) is 2.76. The molecule has 6 heteroatoms. The molecule has 1 fully saturated rings. The summed E-state index contributed by atoms with van der Waals surface area (Å²) in [5.41, 5.74) is -0.878. The van der Waals surface area contributed by atoms with Crippen molar-refractivity contribution in [2.45, 2.75) is 13.3 Å². The number of pyridine rings is 1. The summed E-state index contributed by atoms with van der Waals surface area (Å²) in [5.74, 6) is -1.20. The van der Waals surface area contributed by atoms with Crippen LogP contribution < -0.4 is 5.56 Å². The van der Waals surface area contributed by atoms with Gasteiger partial charge in [0.2, 0.25) is 0 Å². The summed E-state index contributed by atoms with van der Waals surface area (Å²) in [6, 6.07) is 4.48. The van der Waals surface area contributed by atoms with Crippen LogP contribution in [0, 0.1) is 5.41 Å². The van der Waals surface area contributed by atoms with Crippen LogP contribution in [0.4, 0.5) is 0 Å². The lowest BCUT2D eigenvalue weighted by Gasteiger charge is -2.20. The van der Waals surface area contributed by atoms with Crippen molar-refractivity contribution in [3.63, 3.8) is 0 Å². The van der Waals surface area contributed by atoms with Gasteiger partial charge in [-0.15, -0.1) is 0 Å². The fourth-order valence-electron chi connectivity index (χ4n) is 2.25. The zero-order valence-corrected chi connectivity index (χ0v) is 10.9. The maximum Gasteiger partial charge on any atom is 0.311 e. The molecule has 1 unspecified atom stereocenters. The van der Waals surface area contributed by atoms with E-state index in [2.05, 4.69) is 0 Å². The number of hydrogen-bond donors (Lipinski definition) is 1. The highest BCUT2D eigenvalue weighted by atomic mass is 16.4. The second kappa shape index (κ2) is 4.53. The predicted molar refractivity (Wildman–Crippen MR) is 67.9 cm³/mol. The maximum absolute atomic E-state index is 12.3. The minimum absolute atomic E-state index is 0.171. The zero-order valence-electron chi connectivity index (χ0n) is 10.9. The molecule has 0 saturated carbocycles. The number of amides is 1. The molecule has 2 heterocycles. The molecule has 0 spiro atoms. The lowest BCUT2D eigenvalue weighted by atomic mass is 9.90. The smallest absolute Gasteiger partial charge is 0.311 e. The van der Waals surface area contributed by atoms with Crippen molar-refractivity contribution in [1.82, 2.24) is 9.47 Å². The van der Waals surface area contributed by atoms with Crippen molar-refractivity contribution in [2.24, 2.45) is 12.5 Å². The number of carboxylic acids is 1. The Bertz CT molecular complexity index is 593. The van der Waals surface area contributed by atoms with Gasteiger partial charge in [0, 0.05) is 26.2 Å². The molecule has 1 aliphatic heterocycles. The lowest BCUT2D eigenvalue weighted by Crippen LogP contribution is -2.37. The van der Waals surface area contributed by atoms with E-state index < -0.39 is 11.4 Å². The highest BCUT2D eigenvalue weighted by molar-refractivity contribution is 5.93. The van der Waals surface area contributed by atoms with Gasteiger partial charge >= 0.3 is 5.97 Å². The number of aliphatic carboxylic acids is 1. The Morgan fingerprint density at radius 2 is 2.05 bits per heavy atom. The predicted octanol–water partition coefficient (Wildman–Crippen LogP) is 0.322. The largest absolute Gasteiger partial charge is 0.481 e. The fraction of sp³-hybridized carbons (Fsp3) is 0.462. The molecule has 1 aliphatic rings. The zero-order chi connectivity index (χ0) is 14.2. The standard InChI is InChI=1S/C13H16N2O4/c1-13(12(18)19)6-7-15(8-13)11(17)9-4-3-5-10(16)14(9)2/h3-5H,6-8H2,1-2H3,(H,18,19). The Morgan fingerprint density at radius 1 is 1.37 bits per heavy atom. The fourth-order valence-corrected chi connectivity index (χ4v) is 2.25. The molecule has 1 aromatic heterocycles. The molecule has 6 nitrogen and oxygen atoms in total. The first kappa shape index (κ1) is 13.3. The number of hydrogen-bond acceptors (Lipinski definition) is 3. The van der Waals surface area contributed by atoms with Crippen molar-refractivity contribution >= 4 is 11.9 Å². The van der Waals surface area contributed by atoms with Crippen LogP contribution in [0.1, 0.15) is 23.8 Å². The van der Waals surface area contributed by atoms with Gasteiger partial charge in [0.1, 0.15) is 5.69 Å². The van der Waals surface area contributed by atoms with Gasteiger partial charge in [-0.2, -0.15) is 0 Å². The van der Waals surface area contributed by atoms with Gasteiger partial charge < -0.3 is 14.6 Å². The number of likely N-dealkylation sites (tertiary alicyclic amines) is 1. The summed E-state index contributed by atoms with van der Waals surface area (Å²) in [4.78, 5) is 36.4. The van der Waals surface area contributed by atoms with E-state index in [-0.39, 0.29) is 23.7 Å². The molecule has 19 heavy (non-hydrogen) atoms. The molecule has 0 aromatic carbocycles. The van der Waals surface area contributed by atoms with Crippen LogP contribution in [0.15, 0.2) is 23.0 Å². The van der Waals surface area contributed by atoms with E-state index >= 15 is 0 Å². The third-order valence-electron chi connectivity index (χ3n) is 3.68. The van der Waals surface area contributed by atoms with Crippen LogP contribution in [0.25, 0.3) is 0 Å². The van der Waals surface area contributed by atoms with Gasteiger partial charge in [-0.3, -0.25) is 14.4 Å². The molecular formula is C13H16N2O4. The summed E-state index contributed by atoms with van der Waals surface area (Å²) < 4.78 is 1.28. The van der Waals surface area contributed by atoms with Crippen LogP contribution in [-0.2, 0) is 11.8 Å². The highest BCUT2D eigenvalue weighted by Gasteiger charge is 2.42. The molecule has 0 aliphatic carbocycles. The van der Waals surface area contributed by atoms with Crippen molar-refractivity contribution in [3.05, 3.63) is 34.2 Å². The Hall–Kier alpha value is -2.11. The molecule has 1 saturated heterocycles. The number of nitrogens with zero attached hydrogens (tertiary/aromatic N) is 2. The number of carbonyl (C=O) groups is 2. The van der Waals surface area contributed by atoms with E-state index in [1.54, 1.807) is 13.0 Å². The summed E-state index contributed by atoms with van der Waals surface area (Å²) in [6.07, 6.45) is 0.425. The monoisotopic (exact) mass is 264 g/mol. The quantitative estimate of drug-likeness (QED) is 0.834. The van der Waals surface area contributed by atoms with E-state index in [1.807, 2.05) is 0 Å². The number of carboxylic acid groups (broad SMARTS) is 1. The first-order valence-corrected chi connectivity index (χ1v) is 6.04. The Labute approximate surface area is 110 Å². The molecule has 0 radical (unpaired) electrons. The summed E-state index contributed by atoms with van der Waals surface area (Å²) in [6.45, 7) is 2.20. The molecular weight excluding hydrogens is 248 g/mol. The van der Waals surface area contributed by atoms with Crippen molar-refractivity contribution in [2.75, 3.05) is 13.1 Å². The van der Waals surface area contributed by atoms with Gasteiger partial charge in [0.05, 0.1) is 5.41 Å². The van der Waals surface area contributed by atoms with Gasteiger partial charge in [0.15, 0.2) is 0 Å². The summed E-state index contributed by atoms with van der Waals surface area (Å²) in [7, 11) is 1.53. The lowest BCUT2D eigenvalue weighted by molar-refractivity contribution is -0.147. The molecule has 0 bridgehead atoms. The third kappa shape index (κ3) is 2.25. The van der Waals surface area contributed by atoms with Crippen LogP contribution >= 0.6 is 0 Å². The van der Waals surface area contributed by atoms with Gasteiger partial charge in [-0.25, -0.2) is 0 Å². The number of aromatic nitrogens is 1. The van der Waals surface area contributed by atoms with E-state index in [0.717, 1.165) is 0 Å². The van der Waals surface area contributed by atoms with Crippen molar-refractivity contribution in [3.8, 4) is 0 Å². The number of rotatable bonds is 2. The second-order valence-corrected chi connectivity index (χ2v) is 5.15. The highest BCUT2D eigenvalue weighted by Crippen LogP contribution is 2.30. The minimum atomic E-state index is -0.899. The number of carbonyl (C=O) groups excluding carboxylic acids is 1. The SMILES string of the molecule is Cn1c(C(=O)N2CCC(C)(C(=O)O)C2)cccc1=O. The Kier molecular flexibility index (Phi) is 3.18. The molecule has 2 rings (SSSR count). The molecule has 102 valence electrons. The average molecular weight is 264 g/mol. The van der Waals surface area contributed by atoms with Crippen LogP contribution in [-0.4, -0.2) is 39.5 Å². The van der Waals surface area contributed by atoms with Crippen molar-refractivity contribution in [1.29, 1.82) is 0 Å². The third-order valence-corrected chi connectivity index (χ3v) is 3.68. The topological polar surface area (TPSA) is 79.6 Å². The van der Waals surface area contributed by atoms with Gasteiger partial charge in [0.25, 0.3) is 11.5 Å². The summed E-state index contributed by atoms with van der Waals surface area (Å²) in [5, 5.41) is 9.15. The molecule has 1 aromatic rings. The van der Waals surface area contributed by atoms with E-state index in [4.69, 9.17) is 5.11 Å². The Balaban J connectivity index is 2.25. The Morgan fingerprint density at radius 3 is 2.63 bits per heavy atom. The van der Waals surface area contributed by atoms with E-state index in [1.165, 1.54) is 28.6 Å². The van der Waals surface area contributed by atoms with E-state index in [9.17, 15) is 14.4 Å². The molecule has 1 atom stereocenters. The van der Waals surface area contributed by atoms with Crippen LogP contribution in [0.3, 0.4) is 0 Å². The van der Waals surface area contributed by atoms with Gasteiger partial charge in [-0.05, 0) is 19.4 Å². The molecule has 1 N–H and O–H groups in total. The van der Waals surface area contributed by atoms with E-state index in [0.29, 0.717) is 13.0 Å². The normalized spacial score (nSPS) is 22.5. The minimum Gasteiger partial charge on any atom is -0.481 e. The van der Waals surface area contributed by atoms with Crippen LogP contribution in [0.5, 0.6) is 0 Å². The first-order chi connectivity index (χ1) is 8.85. The first-order valence-electron chi connectivity index (χ1n) is 6.04. The summed E-state index contributed by atoms with van der Waals surface area (Å²) >= 11 is 0. The molecule has 1 amide bonds. The van der Waals surface area contributed by atoms with Gasteiger partial charge in [-0.1, -0.05) is 6.07 Å². The van der Waals surface area contributed by atoms with Crippen molar-refractivity contribution < 1.29 is 14.7 Å². The maximum atomic E-state index is 12.3. The second-order valence-electron chi connectivity index (χ2n) is 5.15.